The topological polar surface area (TPSA) is 98.0 Å². The van der Waals surface area contributed by atoms with Gasteiger partial charge in [-0.15, -0.1) is 0 Å². The molecule has 102 valence electrons. The van der Waals surface area contributed by atoms with Crippen molar-refractivity contribution in [3.05, 3.63) is 29.8 Å². The van der Waals surface area contributed by atoms with E-state index in [2.05, 4.69) is 4.98 Å². The molecule has 0 aromatic carbocycles. The number of carbonyl (C=O) groups is 1. The lowest BCUT2D eigenvalue weighted by Crippen LogP contribution is -2.05. The average Bonchev–Trinajstić information content (AvgIpc) is 2.65. The highest BCUT2D eigenvalue weighted by Gasteiger charge is 2.19. The third-order valence-corrected chi connectivity index (χ3v) is 3.30. The molecule has 2 aromatic heterocycles. The van der Waals surface area contributed by atoms with Crippen molar-refractivity contribution in [1.29, 1.82) is 0 Å². The van der Waals surface area contributed by atoms with E-state index in [4.69, 9.17) is 9.84 Å². The quantitative estimate of drug-likeness (QED) is 0.882. The Labute approximate surface area is 109 Å². The van der Waals surface area contributed by atoms with E-state index in [9.17, 15) is 13.2 Å². The van der Waals surface area contributed by atoms with Gasteiger partial charge in [-0.25, -0.2) is 18.2 Å². The van der Waals surface area contributed by atoms with Crippen LogP contribution in [-0.4, -0.2) is 42.2 Å². The van der Waals surface area contributed by atoms with E-state index in [1.807, 2.05) is 0 Å². The van der Waals surface area contributed by atoms with Gasteiger partial charge in [0.1, 0.15) is 17.3 Å². The average molecular weight is 284 g/mol. The number of nitrogens with zero attached hydrogens (tertiary/aromatic N) is 2. The number of hydrogen-bond acceptors (Lipinski definition) is 5. The number of sulfone groups is 1. The lowest BCUT2D eigenvalue weighted by atomic mass is 10.3. The number of fused-ring (bicyclic) bond motifs is 1. The number of aromatic nitrogens is 2. The van der Waals surface area contributed by atoms with E-state index in [-0.39, 0.29) is 17.3 Å². The fraction of sp³-hybridized carbons (Fsp3) is 0.273. The van der Waals surface area contributed by atoms with Crippen molar-refractivity contribution in [3.63, 3.8) is 0 Å². The Morgan fingerprint density at radius 1 is 1.47 bits per heavy atom. The minimum absolute atomic E-state index is 0.147. The number of aromatic carboxylic acids is 1. The van der Waals surface area contributed by atoms with E-state index >= 15 is 0 Å². The lowest BCUT2D eigenvalue weighted by molar-refractivity contribution is 0.0693. The van der Waals surface area contributed by atoms with Crippen LogP contribution in [0.1, 0.15) is 16.3 Å². The number of carboxylic acid groups (broad SMARTS) is 1. The molecule has 8 heteroatoms. The first-order valence-electron chi connectivity index (χ1n) is 5.28. The van der Waals surface area contributed by atoms with Crippen LogP contribution in [0.2, 0.25) is 0 Å². The molecule has 0 atom stereocenters. The van der Waals surface area contributed by atoms with Gasteiger partial charge in [-0.05, 0) is 12.1 Å². The number of pyridine rings is 1. The molecule has 0 aliphatic rings. The predicted octanol–water partition coefficient (Wildman–Crippen LogP) is 0.586. The number of rotatable bonds is 4. The van der Waals surface area contributed by atoms with Gasteiger partial charge in [-0.3, -0.25) is 4.40 Å². The zero-order valence-electron chi connectivity index (χ0n) is 10.3. The first-order chi connectivity index (χ1) is 8.81. The lowest BCUT2D eigenvalue weighted by Gasteiger charge is -2.03. The second-order valence-corrected chi connectivity index (χ2v) is 6.22. The molecule has 0 unspecified atom stereocenters. The zero-order chi connectivity index (χ0) is 14.2. The highest BCUT2D eigenvalue weighted by molar-refractivity contribution is 7.89. The van der Waals surface area contributed by atoms with Gasteiger partial charge in [0.05, 0.1) is 18.8 Å². The summed E-state index contributed by atoms with van der Waals surface area (Å²) >= 11 is 0. The molecule has 0 radical (unpaired) electrons. The maximum absolute atomic E-state index is 11.3. The van der Waals surface area contributed by atoms with Crippen molar-refractivity contribution in [2.24, 2.45) is 0 Å². The normalized spacial score (nSPS) is 11.7. The van der Waals surface area contributed by atoms with Gasteiger partial charge in [-0.1, -0.05) is 0 Å². The van der Waals surface area contributed by atoms with E-state index in [1.54, 1.807) is 6.07 Å². The smallest absolute Gasteiger partial charge is 0.356 e. The second-order valence-electron chi connectivity index (χ2n) is 4.08. The van der Waals surface area contributed by atoms with E-state index in [0.717, 1.165) is 6.26 Å². The maximum atomic E-state index is 11.3. The summed E-state index contributed by atoms with van der Waals surface area (Å²) in [6, 6.07) is 3.12. The number of imidazole rings is 1. The van der Waals surface area contributed by atoms with Crippen molar-refractivity contribution in [3.8, 4) is 5.75 Å². The standard InChI is InChI=1S/C11H12N2O5S/c1-18-7-3-4-8-10(11(14)15)12-9(13(8)5-7)6-19(2,16)17/h3-5H,6H2,1-2H3,(H,14,15). The Balaban J connectivity index is 2.71. The third-order valence-electron chi connectivity index (χ3n) is 2.51. The Morgan fingerprint density at radius 2 is 2.16 bits per heavy atom. The molecule has 0 aliphatic heterocycles. The highest BCUT2D eigenvalue weighted by Crippen LogP contribution is 2.19. The van der Waals surface area contributed by atoms with Crippen LogP contribution in [0, 0.1) is 0 Å². The van der Waals surface area contributed by atoms with Crippen LogP contribution < -0.4 is 4.74 Å². The molecule has 1 N–H and O–H groups in total. The summed E-state index contributed by atoms with van der Waals surface area (Å²) in [5.74, 6) is -0.915. The van der Waals surface area contributed by atoms with Crippen molar-refractivity contribution in [2.75, 3.05) is 13.4 Å². The number of hydrogen-bond donors (Lipinski definition) is 1. The molecule has 0 fully saturated rings. The van der Waals surface area contributed by atoms with Gasteiger partial charge in [0.15, 0.2) is 15.5 Å². The van der Waals surface area contributed by atoms with Crippen LogP contribution >= 0.6 is 0 Å². The highest BCUT2D eigenvalue weighted by atomic mass is 32.2. The molecule has 0 saturated heterocycles. The van der Waals surface area contributed by atoms with Gasteiger partial charge in [0, 0.05) is 6.26 Å². The number of methoxy groups -OCH3 is 1. The maximum Gasteiger partial charge on any atom is 0.356 e. The minimum atomic E-state index is -3.32. The van der Waals surface area contributed by atoms with Crippen LogP contribution in [0.4, 0.5) is 0 Å². The number of carboxylic acids is 1. The Morgan fingerprint density at radius 3 is 2.68 bits per heavy atom. The molecule has 0 bridgehead atoms. The van der Waals surface area contributed by atoms with Crippen molar-refractivity contribution in [1.82, 2.24) is 9.38 Å². The van der Waals surface area contributed by atoms with E-state index in [0.29, 0.717) is 11.3 Å². The molecule has 2 heterocycles. The van der Waals surface area contributed by atoms with Crippen LogP contribution in [0.15, 0.2) is 18.3 Å². The third kappa shape index (κ3) is 2.68. The summed E-state index contributed by atoms with van der Waals surface area (Å²) in [7, 11) is -1.85. The van der Waals surface area contributed by atoms with Crippen LogP contribution in [0.3, 0.4) is 0 Å². The number of ether oxygens (including phenoxy) is 1. The zero-order valence-corrected chi connectivity index (χ0v) is 11.1. The van der Waals surface area contributed by atoms with Crippen molar-refractivity contribution < 1.29 is 23.1 Å². The largest absolute Gasteiger partial charge is 0.495 e. The second kappa shape index (κ2) is 4.54. The van der Waals surface area contributed by atoms with Gasteiger partial charge in [-0.2, -0.15) is 0 Å². The summed E-state index contributed by atoms with van der Waals surface area (Å²) < 4.78 is 29.1. The fourth-order valence-corrected chi connectivity index (χ4v) is 2.42. The minimum Gasteiger partial charge on any atom is -0.495 e. The van der Waals surface area contributed by atoms with Crippen LogP contribution in [-0.2, 0) is 15.6 Å². The molecule has 0 spiro atoms. The molecule has 0 amide bonds. The summed E-state index contributed by atoms with van der Waals surface area (Å²) in [6.45, 7) is 0. The van der Waals surface area contributed by atoms with E-state index < -0.39 is 15.8 Å². The molecular formula is C11H12N2O5S. The predicted molar refractivity (Wildman–Crippen MR) is 67.3 cm³/mol. The molecule has 0 aliphatic carbocycles. The van der Waals surface area contributed by atoms with Gasteiger partial charge in [0.25, 0.3) is 0 Å². The monoisotopic (exact) mass is 284 g/mol. The van der Waals surface area contributed by atoms with E-state index in [1.165, 1.54) is 23.8 Å². The Kier molecular flexibility index (Phi) is 3.19. The first-order valence-corrected chi connectivity index (χ1v) is 7.34. The molecule has 19 heavy (non-hydrogen) atoms. The van der Waals surface area contributed by atoms with Gasteiger partial charge in [0.2, 0.25) is 0 Å². The first kappa shape index (κ1) is 13.3. The molecule has 2 aromatic rings. The summed E-state index contributed by atoms with van der Waals surface area (Å²) in [4.78, 5) is 15.0. The summed E-state index contributed by atoms with van der Waals surface area (Å²) in [6.07, 6.45) is 2.57. The molecule has 0 saturated carbocycles. The summed E-state index contributed by atoms with van der Waals surface area (Å²) in [5.41, 5.74) is 0.147. The summed E-state index contributed by atoms with van der Waals surface area (Å²) in [5, 5.41) is 9.06. The SMILES string of the molecule is COc1ccc2c(C(=O)O)nc(CS(C)(=O)=O)n2c1. The van der Waals surface area contributed by atoms with Crippen molar-refractivity contribution >= 4 is 21.3 Å². The molecule has 2 rings (SSSR count). The Hall–Kier alpha value is -2.09. The van der Waals surface area contributed by atoms with Crippen LogP contribution in [0.5, 0.6) is 5.75 Å². The molecular weight excluding hydrogens is 272 g/mol. The fourth-order valence-electron chi connectivity index (χ4n) is 1.74. The van der Waals surface area contributed by atoms with Gasteiger partial charge < -0.3 is 9.84 Å². The molecule has 7 nitrogen and oxygen atoms in total. The van der Waals surface area contributed by atoms with Gasteiger partial charge >= 0.3 is 5.97 Å². The Bertz CT molecular complexity index is 748. The van der Waals surface area contributed by atoms with Crippen molar-refractivity contribution in [2.45, 2.75) is 5.75 Å². The van der Waals surface area contributed by atoms with Crippen LogP contribution in [0.25, 0.3) is 5.52 Å².